The van der Waals surface area contributed by atoms with E-state index in [-0.39, 0.29) is 29.6 Å². The maximum atomic E-state index is 11.1. The second kappa shape index (κ2) is 15.1. The highest BCUT2D eigenvalue weighted by molar-refractivity contribution is 5.37. The van der Waals surface area contributed by atoms with Crippen molar-refractivity contribution in [2.75, 3.05) is 0 Å². The van der Waals surface area contributed by atoms with Gasteiger partial charge in [-0.05, 0) is 47.5 Å². The first kappa shape index (κ1) is 30.7. The van der Waals surface area contributed by atoms with E-state index in [1.165, 1.54) is 0 Å². The number of para-hydroxylation sites is 2. The third-order valence-electron chi connectivity index (χ3n) is 8.30. The number of nitrogens with zero attached hydrogens (tertiary/aromatic N) is 3. The summed E-state index contributed by atoms with van der Waals surface area (Å²) in [5, 5.41) is 26.1. The van der Waals surface area contributed by atoms with Crippen LogP contribution in [0.25, 0.3) is 0 Å². The molecule has 2 heterocycles. The fourth-order valence-corrected chi connectivity index (χ4v) is 6.10. The highest BCUT2D eigenvalue weighted by Gasteiger charge is 2.34. The maximum absolute atomic E-state index is 11.1. The van der Waals surface area contributed by atoms with Crippen molar-refractivity contribution in [1.82, 2.24) is 20.2 Å². The molecule has 4 aromatic carbocycles. The second-order valence-electron chi connectivity index (χ2n) is 11.4. The van der Waals surface area contributed by atoms with Crippen molar-refractivity contribution in [3.8, 4) is 11.5 Å². The summed E-state index contributed by atoms with van der Waals surface area (Å²) in [7, 11) is 0. The Balaban J connectivity index is 1.50. The minimum Gasteiger partial charge on any atom is -0.508 e. The quantitative estimate of drug-likeness (QED) is 0.124. The van der Waals surface area contributed by atoms with Crippen molar-refractivity contribution in [3.63, 3.8) is 0 Å². The summed E-state index contributed by atoms with van der Waals surface area (Å²) >= 11 is 0. The van der Waals surface area contributed by atoms with Gasteiger partial charge in [0.05, 0.1) is 17.8 Å². The van der Waals surface area contributed by atoms with Crippen LogP contribution >= 0.6 is 0 Å². The van der Waals surface area contributed by atoms with E-state index >= 15 is 0 Å². The first-order valence-electron chi connectivity index (χ1n) is 15.6. The normalized spacial score (nSPS) is 13.2. The van der Waals surface area contributed by atoms with Crippen LogP contribution in [0.5, 0.6) is 11.5 Å². The SMILES string of the molecule is Oc1ccccc1CN(Cc1ccccn1)[C@@H](c1ccccc1)[C@@H](NC(Cc1ccccn1)c1ccccc1O)c1ccccc1. The van der Waals surface area contributed by atoms with Crippen LogP contribution in [-0.2, 0) is 19.5 Å². The zero-order valence-corrected chi connectivity index (χ0v) is 25.6. The Kier molecular flexibility index (Phi) is 10.1. The molecule has 230 valence electrons. The van der Waals surface area contributed by atoms with Crippen molar-refractivity contribution in [1.29, 1.82) is 0 Å². The van der Waals surface area contributed by atoms with E-state index in [0.29, 0.717) is 19.5 Å². The van der Waals surface area contributed by atoms with Crippen LogP contribution in [0.15, 0.2) is 158 Å². The lowest BCUT2D eigenvalue weighted by molar-refractivity contribution is 0.130. The van der Waals surface area contributed by atoms with E-state index in [2.05, 4.69) is 63.7 Å². The fraction of sp³-hybridized carbons (Fsp3) is 0.150. The Morgan fingerprint density at radius 1 is 0.543 bits per heavy atom. The molecule has 6 aromatic rings. The third kappa shape index (κ3) is 7.67. The molecule has 0 amide bonds. The van der Waals surface area contributed by atoms with Crippen LogP contribution in [0.1, 0.15) is 51.8 Å². The minimum atomic E-state index is -0.269. The molecule has 6 rings (SSSR count). The summed E-state index contributed by atoms with van der Waals surface area (Å²) < 4.78 is 0. The lowest BCUT2D eigenvalue weighted by Crippen LogP contribution is -2.40. The van der Waals surface area contributed by atoms with Crippen molar-refractivity contribution in [3.05, 3.63) is 192 Å². The molecule has 2 aromatic heterocycles. The predicted molar refractivity (Wildman–Crippen MR) is 182 cm³/mol. The second-order valence-corrected chi connectivity index (χ2v) is 11.4. The molecule has 0 aliphatic rings. The monoisotopic (exact) mass is 606 g/mol. The number of aromatic nitrogens is 2. The zero-order valence-electron chi connectivity index (χ0n) is 25.6. The van der Waals surface area contributed by atoms with Crippen LogP contribution < -0.4 is 5.32 Å². The molecule has 46 heavy (non-hydrogen) atoms. The van der Waals surface area contributed by atoms with Crippen LogP contribution in [0.4, 0.5) is 0 Å². The van der Waals surface area contributed by atoms with E-state index in [1.54, 1.807) is 18.3 Å². The smallest absolute Gasteiger partial charge is 0.120 e. The average molecular weight is 607 g/mol. The van der Waals surface area contributed by atoms with Gasteiger partial charge >= 0.3 is 0 Å². The Labute approximate surface area is 270 Å². The van der Waals surface area contributed by atoms with E-state index in [9.17, 15) is 10.2 Å². The molecule has 1 unspecified atom stereocenters. The van der Waals surface area contributed by atoms with Gasteiger partial charge in [0.15, 0.2) is 0 Å². The van der Waals surface area contributed by atoms with Gasteiger partial charge in [0, 0.05) is 54.8 Å². The number of phenols is 2. The molecule has 3 N–H and O–H groups in total. The Morgan fingerprint density at radius 2 is 1.11 bits per heavy atom. The van der Waals surface area contributed by atoms with Crippen LogP contribution in [-0.4, -0.2) is 25.1 Å². The molecule has 0 aliphatic carbocycles. The van der Waals surface area contributed by atoms with E-state index in [0.717, 1.165) is 33.6 Å². The predicted octanol–water partition coefficient (Wildman–Crippen LogP) is 7.95. The third-order valence-corrected chi connectivity index (χ3v) is 8.30. The molecule has 0 bridgehead atoms. The standard InChI is InChI=1S/C40H38N4O2/c45-37-23-9-7-19-32(37)28-44(29-34-21-12-14-26-42-34)40(31-17-5-2-6-18-31)39(30-15-3-1-4-16-30)43-36(27-33-20-11-13-25-41-33)35-22-8-10-24-38(35)46/h1-26,36,39-40,43,45-46H,27-29H2/t36?,39-,40-/m0/s1. The van der Waals surface area contributed by atoms with Crippen molar-refractivity contribution < 1.29 is 10.2 Å². The molecule has 0 spiro atoms. The number of phenolic OH excluding ortho intramolecular Hbond substituents is 2. The Morgan fingerprint density at radius 3 is 1.74 bits per heavy atom. The van der Waals surface area contributed by atoms with Gasteiger partial charge in [-0.25, -0.2) is 0 Å². The largest absolute Gasteiger partial charge is 0.508 e. The lowest BCUT2D eigenvalue weighted by atomic mass is 9.89. The summed E-state index contributed by atoms with van der Waals surface area (Å²) in [6.45, 7) is 1.02. The van der Waals surface area contributed by atoms with Crippen molar-refractivity contribution in [2.24, 2.45) is 0 Å². The van der Waals surface area contributed by atoms with Gasteiger partial charge in [0.2, 0.25) is 0 Å². The van der Waals surface area contributed by atoms with Gasteiger partial charge in [-0.15, -0.1) is 0 Å². The minimum absolute atomic E-state index is 0.206. The molecular weight excluding hydrogens is 568 g/mol. The van der Waals surface area contributed by atoms with Crippen LogP contribution in [0, 0.1) is 0 Å². The van der Waals surface area contributed by atoms with E-state index < -0.39 is 0 Å². The number of rotatable bonds is 13. The molecule has 6 heteroatoms. The lowest BCUT2D eigenvalue weighted by Gasteiger charge is -2.40. The number of benzene rings is 4. The number of nitrogens with one attached hydrogen (secondary N) is 1. The maximum Gasteiger partial charge on any atom is 0.120 e. The first-order chi connectivity index (χ1) is 22.7. The highest BCUT2D eigenvalue weighted by Crippen LogP contribution is 2.40. The van der Waals surface area contributed by atoms with Gasteiger partial charge < -0.3 is 15.5 Å². The van der Waals surface area contributed by atoms with Crippen LogP contribution in [0.2, 0.25) is 0 Å². The van der Waals surface area contributed by atoms with E-state index in [4.69, 9.17) is 4.98 Å². The fourth-order valence-electron chi connectivity index (χ4n) is 6.10. The molecule has 0 radical (unpaired) electrons. The number of pyridine rings is 2. The summed E-state index contributed by atoms with van der Waals surface area (Å²) in [5.74, 6) is 0.491. The molecule has 6 nitrogen and oxygen atoms in total. The average Bonchev–Trinajstić information content (AvgIpc) is 3.10. The number of aromatic hydroxyl groups is 2. The molecule has 3 atom stereocenters. The molecular formula is C40H38N4O2. The Bertz CT molecular complexity index is 1790. The molecule has 0 saturated carbocycles. The molecule has 0 fully saturated rings. The van der Waals surface area contributed by atoms with Crippen LogP contribution in [0.3, 0.4) is 0 Å². The van der Waals surface area contributed by atoms with Gasteiger partial charge in [0.25, 0.3) is 0 Å². The number of hydrogen-bond donors (Lipinski definition) is 3. The number of hydrogen-bond acceptors (Lipinski definition) is 6. The van der Waals surface area contributed by atoms with Gasteiger partial charge in [-0.3, -0.25) is 14.9 Å². The van der Waals surface area contributed by atoms with E-state index in [1.807, 2.05) is 91.1 Å². The van der Waals surface area contributed by atoms with Gasteiger partial charge in [-0.1, -0.05) is 109 Å². The van der Waals surface area contributed by atoms with Gasteiger partial charge in [0.1, 0.15) is 11.5 Å². The molecule has 0 saturated heterocycles. The summed E-state index contributed by atoms with van der Waals surface area (Å²) in [6, 6.07) is 47.1. The summed E-state index contributed by atoms with van der Waals surface area (Å²) in [6.07, 6.45) is 4.20. The zero-order chi connectivity index (χ0) is 31.6. The topological polar surface area (TPSA) is 81.5 Å². The highest BCUT2D eigenvalue weighted by atomic mass is 16.3. The summed E-state index contributed by atoms with van der Waals surface area (Å²) in [4.78, 5) is 11.7. The molecule has 0 aliphatic heterocycles. The van der Waals surface area contributed by atoms with Crippen molar-refractivity contribution >= 4 is 0 Å². The first-order valence-corrected chi connectivity index (χ1v) is 15.6. The van der Waals surface area contributed by atoms with Crippen molar-refractivity contribution in [2.45, 2.75) is 37.6 Å². The summed E-state index contributed by atoms with van der Waals surface area (Å²) in [5.41, 5.74) is 5.70. The Hall–Kier alpha value is -5.30. The van der Waals surface area contributed by atoms with Gasteiger partial charge in [-0.2, -0.15) is 0 Å².